The molecule has 3 aromatic rings. The molecule has 0 saturated carbocycles. The summed E-state index contributed by atoms with van der Waals surface area (Å²) in [5, 5.41) is 0. The molecule has 1 nitrogen and oxygen atoms in total. The second-order valence-corrected chi connectivity index (χ2v) is 7.49. The van der Waals surface area contributed by atoms with Gasteiger partial charge in [-0.15, -0.1) is 0 Å². The van der Waals surface area contributed by atoms with Crippen LogP contribution in [0.15, 0.2) is 66.9 Å². The third kappa shape index (κ3) is 3.73. The molecule has 0 unspecified atom stereocenters. The molecule has 0 amide bonds. The Morgan fingerprint density at radius 3 is 2.33 bits per heavy atom. The second kappa shape index (κ2) is 6.60. The van der Waals surface area contributed by atoms with Crippen LogP contribution >= 0.6 is 0 Å². The van der Waals surface area contributed by atoms with Gasteiger partial charge in [-0.2, -0.15) is 0 Å². The van der Waals surface area contributed by atoms with Crippen LogP contribution in [0.1, 0.15) is 43.0 Å². The summed E-state index contributed by atoms with van der Waals surface area (Å²) < 4.78 is 0. The van der Waals surface area contributed by atoms with Crippen molar-refractivity contribution in [2.24, 2.45) is 0 Å². The number of pyridine rings is 1. The lowest BCUT2D eigenvalue weighted by atomic mass is 9.86. The molecule has 1 aromatic heterocycles. The van der Waals surface area contributed by atoms with Gasteiger partial charge in [0.2, 0.25) is 0 Å². The topological polar surface area (TPSA) is 12.9 Å². The predicted molar refractivity (Wildman–Crippen MR) is 102 cm³/mol. The van der Waals surface area contributed by atoms with E-state index in [1.807, 2.05) is 6.20 Å². The number of aryl methyl sites for hydroxylation is 1. The van der Waals surface area contributed by atoms with Gasteiger partial charge in [0, 0.05) is 11.8 Å². The highest BCUT2D eigenvalue weighted by Crippen LogP contribution is 2.28. The van der Waals surface area contributed by atoms with E-state index in [0.717, 1.165) is 12.1 Å². The third-order valence-corrected chi connectivity index (χ3v) is 4.48. The Morgan fingerprint density at radius 2 is 1.62 bits per heavy atom. The van der Waals surface area contributed by atoms with Crippen molar-refractivity contribution in [2.75, 3.05) is 0 Å². The van der Waals surface area contributed by atoms with Crippen molar-refractivity contribution in [3.05, 3.63) is 89.1 Å². The highest BCUT2D eigenvalue weighted by molar-refractivity contribution is 5.62. The monoisotopic (exact) mass is 315 g/mol. The Balaban J connectivity index is 1.97. The highest BCUT2D eigenvalue weighted by atomic mass is 14.7. The first kappa shape index (κ1) is 16.4. The minimum absolute atomic E-state index is 0.146. The van der Waals surface area contributed by atoms with Crippen molar-refractivity contribution in [3.63, 3.8) is 0 Å². The van der Waals surface area contributed by atoms with Gasteiger partial charge in [-0.05, 0) is 53.1 Å². The van der Waals surface area contributed by atoms with E-state index in [0.29, 0.717) is 0 Å². The average Bonchev–Trinajstić information content (AvgIpc) is 2.57. The van der Waals surface area contributed by atoms with Crippen molar-refractivity contribution in [1.82, 2.24) is 4.98 Å². The van der Waals surface area contributed by atoms with Gasteiger partial charge in [-0.3, -0.25) is 4.98 Å². The van der Waals surface area contributed by atoms with Gasteiger partial charge >= 0.3 is 0 Å². The summed E-state index contributed by atoms with van der Waals surface area (Å²) in [6, 6.07) is 21.6. The maximum absolute atomic E-state index is 4.67. The van der Waals surface area contributed by atoms with Crippen LogP contribution in [0.5, 0.6) is 0 Å². The van der Waals surface area contributed by atoms with Crippen molar-refractivity contribution >= 4 is 0 Å². The molecule has 3 rings (SSSR count). The van der Waals surface area contributed by atoms with Gasteiger partial charge in [0.25, 0.3) is 0 Å². The minimum Gasteiger partial charge on any atom is -0.256 e. The lowest BCUT2D eigenvalue weighted by Crippen LogP contribution is -2.10. The van der Waals surface area contributed by atoms with Crippen molar-refractivity contribution in [2.45, 2.75) is 39.5 Å². The van der Waals surface area contributed by atoms with Crippen LogP contribution in [0.4, 0.5) is 0 Å². The second-order valence-electron chi connectivity index (χ2n) is 7.49. The third-order valence-electron chi connectivity index (χ3n) is 4.48. The van der Waals surface area contributed by atoms with Gasteiger partial charge in [-0.25, -0.2) is 0 Å². The van der Waals surface area contributed by atoms with Gasteiger partial charge < -0.3 is 0 Å². The molecular formula is C23H25N. The Kier molecular flexibility index (Phi) is 4.53. The van der Waals surface area contributed by atoms with E-state index in [9.17, 15) is 0 Å². The zero-order chi connectivity index (χ0) is 17.2. The summed E-state index contributed by atoms with van der Waals surface area (Å²) in [6.07, 6.45) is 2.94. The van der Waals surface area contributed by atoms with Crippen LogP contribution < -0.4 is 0 Å². The number of benzene rings is 2. The average molecular weight is 315 g/mol. The molecule has 1 heteroatoms. The van der Waals surface area contributed by atoms with Crippen LogP contribution in [0.2, 0.25) is 0 Å². The first-order valence-electron chi connectivity index (χ1n) is 8.54. The van der Waals surface area contributed by atoms with Crippen LogP contribution in [0.25, 0.3) is 11.3 Å². The van der Waals surface area contributed by atoms with Crippen molar-refractivity contribution < 1.29 is 0 Å². The van der Waals surface area contributed by atoms with E-state index in [4.69, 9.17) is 0 Å². The van der Waals surface area contributed by atoms with Crippen LogP contribution in [-0.2, 0) is 11.8 Å². The number of aromatic nitrogens is 1. The molecule has 1 heterocycles. The Bertz CT molecular complexity index is 826. The molecule has 24 heavy (non-hydrogen) atoms. The first-order valence-corrected chi connectivity index (χ1v) is 8.54. The first-order chi connectivity index (χ1) is 11.4. The van der Waals surface area contributed by atoms with Crippen molar-refractivity contribution in [3.8, 4) is 11.3 Å². The maximum Gasteiger partial charge on any atom is 0.0705 e. The lowest BCUT2D eigenvalue weighted by Gasteiger charge is -2.20. The zero-order valence-electron chi connectivity index (χ0n) is 15.0. The molecule has 0 aliphatic carbocycles. The fraction of sp³-hybridized carbons (Fsp3) is 0.261. The van der Waals surface area contributed by atoms with E-state index in [1.54, 1.807) is 0 Å². The zero-order valence-corrected chi connectivity index (χ0v) is 15.0. The summed E-state index contributed by atoms with van der Waals surface area (Å²) in [7, 11) is 0. The van der Waals surface area contributed by atoms with Crippen LogP contribution in [0.3, 0.4) is 0 Å². The Hall–Kier alpha value is -2.41. The molecule has 0 N–H and O–H groups in total. The molecule has 0 radical (unpaired) electrons. The van der Waals surface area contributed by atoms with Gasteiger partial charge in [0.1, 0.15) is 0 Å². The summed E-state index contributed by atoms with van der Waals surface area (Å²) in [5.74, 6) is 0. The molecule has 0 saturated heterocycles. The van der Waals surface area contributed by atoms with E-state index in [2.05, 4.69) is 93.3 Å². The molecule has 0 fully saturated rings. The fourth-order valence-corrected chi connectivity index (χ4v) is 2.87. The molecular weight excluding hydrogens is 290 g/mol. The highest BCUT2D eigenvalue weighted by Gasteiger charge is 2.14. The van der Waals surface area contributed by atoms with E-state index >= 15 is 0 Å². The molecule has 122 valence electrons. The van der Waals surface area contributed by atoms with E-state index < -0.39 is 0 Å². The lowest BCUT2D eigenvalue weighted by molar-refractivity contribution is 0.590. The fourth-order valence-electron chi connectivity index (χ4n) is 2.87. The van der Waals surface area contributed by atoms with E-state index in [-0.39, 0.29) is 5.41 Å². The molecule has 0 bridgehead atoms. The summed E-state index contributed by atoms with van der Waals surface area (Å²) in [4.78, 5) is 4.67. The standard InChI is InChI=1S/C23H25N/c1-17-16-24-22(15-20(17)13-18-9-6-5-7-10-18)19-11-8-12-21(14-19)23(2,3)4/h5-12,14-16H,13H2,1-4H3. The van der Waals surface area contributed by atoms with E-state index in [1.165, 1.54) is 27.8 Å². The predicted octanol–water partition coefficient (Wildman–Crippen LogP) is 5.95. The quantitative estimate of drug-likeness (QED) is 0.582. The largest absolute Gasteiger partial charge is 0.256 e. The number of rotatable bonds is 3. The summed E-state index contributed by atoms with van der Waals surface area (Å²) in [5.41, 5.74) is 7.65. The molecule has 0 spiro atoms. The Morgan fingerprint density at radius 1 is 0.875 bits per heavy atom. The Labute approximate surface area is 145 Å². The summed E-state index contributed by atoms with van der Waals surface area (Å²) in [6.45, 7) is 8.88. The number of hydrogen-bond donors (Lipinski definition) is 0. The molecule has 0 atom stereocenters. The molecule has 0 aliphatic rings. The van der Waals surface area contributed by atoms with Crippen LogP contribution in [0, 0.1) is 6.92 Å². The number of nitrogens with zero attached hydrogens (tertiary/aromatic N) is 1. The SMILES string of the molecule is Cc1cnc(-c2cccc(C(C)(C)C)c2)cc1Cc1ccccc1. The van der Waals surface area contributed by atoms with Gasteiger partial charge in [0.05, 0.1) is 5.69 Å². The number of hydrogen-bond acceptors (Lipinski definition) is 1. The normalized spacial score (nSPS) is 11.5. The minimum atomic E-state index is 0.146. The smallest absolute Gasteiger partial charge is 0.0705 e. The van der Waals surface area contributed by atoms with Crippen molar-refractivity contribution in [1.29, 1.82) is 0 Å². The maximum atomic E-state index is 4.67. The van der Waals surface area contributed by atoms with Gasteiger partial charge in [-0.1, -0.05) is 69.3 Å². The van der Waals surface area contributed by atoms with Crippen LogP contribution in [-0.4, -0.2) is 4.98 Å². The summed E-state index contributed by atoms with van der Waals surface area (Å²) >= 11 is 0. The van der Waals surface area contributed by atoms with Gasteiger partial charge in [0.15, 0.2) is 0 Å². The molecule has 2 aromatic carbocycles. The molecule has 0 aliphatic heterocycles.